The lowest BCUT2D eigenvalue weighted by atomic mass is 10.2. The minimum Gasteiger partial charge on any atom is -0.464 e. The van der Waals surface area contributed by atoms with E-state index in [1.807, 2.05) is 36.9 Å². The number of amides is 2. The van der Waals surface area contributed by atoms with Crippen LogP contribution >= 0.6 is 0 Å². The molecule has 0 aliphatic carbocycles. The zero-order valence-corrected chi connectivity index (χ0v) is 14.7. The summed E-state index contributed by atoms with van der Waals surface area (Å²) in [6.45, 7) is 8.95. The third kappa shape index (κ3) is 5.07. The zero-order valence-electron chi connectivity index (χ0n) is 14.7. The van der Waals surface area contributed by atoms with E-state index in [0.717, 1.165) is 50.9 Å². The van der Waals surface area contributed by atoms with Crippen molar-refractivity contribution in [1.29, 1.82) is 0 Å². The number of hydrogen-bond acceptors (Lipinski definition) is 5. The molecule has 3 rings (SSSR count). The van der Waals surface area contributed by atoms with Crippen LogP contribution in [-0.4, -0.2) is 53.6 Å². The molecule has 0 bridgehead atoms. The molecule has 0 aromatic carbocycles. The van der Waals surface area contributed by atoms with Gasteiger partial charge >= 0.3 is 6.03 Å². The molecule has 3 heterocycles. The second-order valence-corrected chi connectivity index (χ2v) is 6.19. The molecule has 2 N–H and O–H groups in total. The average molecular weight is 347 g/mol. The third-order valence-electron chi connectivity index (χ3n) is 4.17. The van der Waals surface area contributed by atoms with Crippen LogP contribution in [0.15, 0.2) is 28.8 Å². The highest BCUT2D eigenvalue weighted by molar-refractivity contribution is 5.88. The Kier molecular flexibility index (Phi) is 5.72. The van der Waals surface area contributed by atoms with Crippen molar-refractivity contribution in [2.75, 3.05) is 38.2 Å². The van der Waals surface area contributed by atoms with Gasteiger partial charge in [-0.3, -0.25) is 14.9 Å². The van der Waals surface area contributed by atoms with Gasteiger partial charge in [0.15, 0.2) is 5.82 Å². The van der Waals surface area contributed by atoms with Crippen LogP contribution in [0.3, 0.4) is 0 Å². The lowest BCUT2D eigenvalue weighted by molar-refractivity contribution is 0.0360. The number of anilines is 1. The van der Waals surface area contributed by atoms with Crippen LogP contribution < -0.4 is 10.6 Å². The number of furan rings is 1. The molecule has 0 unspecified atom stereocenters. The highest BCUT2D eigenvalue weighted by Gasteiger charge is 2.14. The van der Waals surface area contributed by atoms with Crippen molar-refractivity contribution >= 4 is 11.8 Å². The standard InChI is InChI=1S/C17H25N5O3/c1-13-3-4-15(25-13)14(2)18-17(23)19-16-5-6-22(20-16)8-7-21-9-11-24-12-10-21/h3-6,14H,7-12H2,1-2H3,(H2,18,19,20,23)/t14-/m1/s1. The predicted molar refractivity (Wildman–Crippen MR) is 93.5 cm³/mol. The van der Waals surface area contributed by atoms with Crippen LogP contribution in [0.5, 0.6) is 0 Å². The molecular formula is C17H25N5O3. The van der Waals surface area contributed by atoms with Gasteiger partial charge in [0.1, 0.15) is 11.5 Å². The van der Waals surface area contributed by atoms with E-state index in [1.54, 1.807) is 6.07 Å². The van der Waals surface area contributed by atoms with Crippen LogP contribution in [0.25, 0.3) is 0 Å². The first-order valence-corrected chi connectivity index (χ1v) is 8.57. The topological polar surface area (TPSA) is 84.6 Å². The molecule has 1 fully saturated rings. The average Bonchev–Trinajstić information content (AvgIpc) is 3.23. The van der Waals surface area contributed by atoms with E-state index in [4.69, 9.17) is 9.15 Å². The van der Waals surface area contributed by atoms with Crippen molar-refractivity contribution < 1.29 is 13.9 Å². The lowest BCUT2D eigenvalue weighted by Crippen LogP contribution is -2.38. The van der Waals surface area contributed by atoms with Crippen molar-refractivity contribution in [1.82, 2.24) is 20.0 Å². The molecule has 0 radical (unpaired) electrons. The van der Waals surface area contributed by atoms with E-state index in [2.05, 4.69) is 20.6 Å². The molecule has 136 valence electrons. The van der Waals surface area contributed by atoms with E-state index in [0.29, 0.717) is 5.82 Å². The Morgan fingerprint density at radius 3 is 2.80 bits per heavy atom. The second-order valence-electron chi connectivity index (χ2n) is 6.19. The summed E-state index contributed by atoms with van der Waals surface area (Å²) in [6, 6.07) is 5.01. The fourth-order valence-corrected chi connectivity index (χ4v) is 2.73. The molecule has 0 spiro atoms. The van der Waals surface area contributed by atoms with Gasteiger partial charge in [0.25, 0.3) is 0 Å². The van der Waals surface area contributed by atoms with Gasteiger partial charge in [-0.15, -0.1) is 0 Å². The first kappa shape index (κ1) is 17.5. The number of aryl methyl sites for hydroxylation is 1. The van der Waals surface area contributed by atoms with Gasteiger partial charge in [-0.1, -0.05) is 0 Å². The number of nitrogens with zero attached hydrogens (tertiary/aromatic N) is 3. The Labute approximate surface area is 147 Å². The van der Waals surface area contributed by atoms with Crippen molar-refractivity contribution in [3.05, 3.63) is 35.9 Å². The normalized spacial score (nSPS) is 16.6. The summed E-state index contributed by atoms with van der Waals surface area (Å²) < 4.78 is 12.7. The molecule has 1 saturated heterocycles. The van der Waals surface area contributed by atoms with Crippen LogP contribution in [0.4, 0.5) is 10.6 Å². The number of aromatic nitrogens is 2. The highest BCUT2D eigenvalue weighted by Crippen LogP contribution is 2.15. The number of hydrogen-bond donors (Lipinski definition) is 2. The summed E-state index contributed by atoms with van der Waals surface area (Å²) in [5.41, 5.74) is 0. The second kappa shape index (κ2) is 8.17. The Balaban J connectivity index is 1.44. The van der Waals surface area contributed by atoms with Gasteiger partial charge in [-0.2, -0.15) is 5.10 Å². The third-order valence-corrected chi connectivity index (χ3v) is 4.17. The molecule has 8 nitrogen and oxygen atoms in total. The van der Waals surface area contributed by atoms with Gasteiger partial charge in [-0.05, 0) is 26.0 Å². The fourth-order valence-electron chi connectivity index (χ4n) is 2.73. The quantitative estimate of drug-likeness (QED) is 0.835. The van der Waals surface area contributed by atoms with Crippen LogP contribution in [0, 0.1) is 6.92 Å². The Bertz CT molecular complexity index is 690. The molecule has 8 heteroatoms. The molecule has 2 amide bonds. The first-order valence-electron chi connectivity index (χ1n) is 8.57. The summed E-state index contributed by atoms with van der Waals surface area (Å²) in [7, 11) is 0. The molecule has 25 heavy (non-hydrogen) atoms. The summed E-state index contributed by atoms with van der Waals surface area (Å²) in [6.07, 6.45) is 1.87. The number of ether oxygens (including phenoxy) is 1. The first-order chi connectivity index (χ1) is 12.1. The molecule has 2 aromatic heterocycles. The summed E-state index contributed by atoms with van der Waals surface area (Å²) >= 11 is 0. The maximum absolute atomic E-state index is 12.1. The monoisotopic (exact) mass is 347 g/mol. The molecule has 0 saturated carbocycles. The summed E-state index contributed by atoms with van der Waals surface area (Å²) in [4.78, 5) is 14.4. The van der Waals surface area contributed by atoms with E-state index in [1.165, 1.54) is 0 Å². The van der Waals surface area contributed by atoms with E-state index < -0.39 is 0 Å². The maximum atomic E-state index is 12.1. The predicted octanol–water partition coefficient (Wildman–Crippen LogP) is 2.00. The van der Waals surface area contributed by atoms with Crippen molar-refractivity contribution in [2.24, 2.45) is 0 Å². The minimum atomic E-state index is -0.306. The van der Waals surface area contributed by atoms with Crippen LogP contribution in [0.1, 0.15) is 24.5 Å². The van der Waals surface area contributed by atoms with Crippen molar-refractivity contribution in [3.63, 3.8) is 0 Å². The molecule has 1 atom stereocenters. The Morgan fingerprint density at radius 1 is 1.28 bits per heavy atom. The number of carbonyl (C=O) groups excluding carboxylic acids is 1. The largest absolute Gasteiger partial charge is 0.464 e. The van der Waals surface area contributed by atoms with Gasteiger partial charge in [0.2, 0.25) is 0 Å². The lowest BCUT2D eigenvalue weighted by Gasteiger charge is -2.26. The van der Waals surface area contributed by atoms with E-state index >= 15 is 0 Å². The van der Waals surface area contributed by atoms with Crippen LogP contribution in [-0.2, 0) is 11.3 Å². The number of nitrogens with one attached hydrogen (secondary N) is 2. The SMILES string of the molecule is Cc1ccc([C@@H](C)NC(=O)Nc2ccn(CCN3CCOCC3)n2)o1. The van der Waals surface area contributed by atoms with Crippen molar-refractivity contribution in [2.45, 2.75) is 26.4 Å². The van der Waals surface area contributed by atoms with Crippen LogP contribution in [0.2, 0.25) is 0 Å². The number of urea groups is 1. The van der Waals surface area contributed by atoms with Gasteiger partial charge in [0, 0.05) is 31.9 Å². The van der Waals surface area contributed by atoms with Gasteiger partial charge in [0.05, 0.1) is 25.8 Å². The number of morpholine rings is 1. The summed E-state index contributed by atoms with van der Waals surface area (Å²) in [5, 5.41) is 9.97. The zero-order chi connectivity index (χ0) is 17.6. The molecule has 2 aromatic rings. The number of rotatable bonds is 6. The molecule has 1 aliphatic heterocycles. The van der Waals surface area contributed by atoms with Crippen molar-refractivity contribution in [3.8, 4) is 0 Å². The maximum Gasteiger partial charge on any atom is 0.321 e. The van der Waals surface area contributed by atoms with E-state index in [9.17, 15) is 4.79 Å². The summed E-state index contributed by atoms with van der Waals surface area (Å²) in [5.74, 6) is 2.08. The van der Waals surface area contributed by atoms with Gasteiger partial charge in [-0.25, -0.2) is 4.79 Å². The Hall–Kier alpha value is -2.32. The molecule has 1 aliphatic rings. The Morgan fingerprint density at radius 2 is 2.08 bits per heavy atom. The van der Waals surface area contributed by atoms with E-state index in [-0.39, 0.29) is 12.1 Å². The van der Waals surface area contributed by atoms with Gasteiger partial charge < -0.3 is 14.5 Å². The fraction of sp³-hybridized carbons (Fsp3) is 0.529. The number of carbonyl (C=O) groups is 1. The highest BCUT2D eigenvalue weighted by atomic mass is 16.5. The minimum absolute atomic E-state index is 0.211. The molecular weight excluding hydrogens is 322 g/mol. The smallest absolute Gasteiger partial charge is 0.321 e.